The zero-order chi connectivity index (χ0) is 15.4. The lowest BCUT2D eigenvalue weighted by Crippen LogP contribution is -2.04. The zero-order valence-electron chi connectivity index (χ0n) is 12.0. The largest absolute Gasteiger partial charge is 0.465 e. The predicted octanol–water partition coefficient (Wildman–Crippen LogP) is 4.63. The van der Waals surface area contributed by atoms with Crippen LogP contribution in [0.1, 0.15) is 10.4 Å². The number of furan rings is 1. The molecule has 4 aromatic rings. The third-order valence-corrected chi connectivity index (χ3v) is 4.47. The van der Waals surface area contributed by atoms with Gasteiger partial charge in [-0.2, -0.15) is 0 Å². The quantitative estimate of drug-likeness (QED) is 0.466. The first-order chi connectivity index (χ1) is 10.6. The topological polar surface area (TPSA) is 44.4 Å². The van der Waals surface area contributed by atoms with Crippen LogP contribution < -0.4 is 0 Å². The molecule has 0 aliphatic heterocycles. The van der Waals surface area contributed by atoms with Crippen molar-refractivity contribution in [3.05, 3.63) is 46.4 Å². The minimum atomic E-state index is -0.348. The fraction of sp³-hybridized carbons (Fsp3) is 0.118. The van der Waals surface area contributed by atoms with E-state index in [0.29, 0.717) is 5.56 Å². The van der Waals surface area contributed by atoms with Crippen molar-refractivity contribution in [1.82, 2.24) is 4.57 Å². The minimum Gasteiger partial charge on any atom is -0.465 e. The molecule has 0 radical (unpaired) electrons. The number of rotatable bonds is 1. The van der Waals surface area contributed by atoms with E-state index >= 15 is 0 Å². The van der Waals surface area contributed by atoms with Gasteiger partial charge in [0.05, 0.1) is 23.7 Å². The van der Waals surface area contributed by atoms with E-state index in [4.69, 9.17) is 9.15 Å². The molecule has 0 unspecified atom stereocenters. The molecule has 0 N–H and O–H groups in total. The molecule has 4 rings (SSSR count). The molecule has 110 valence electrons. The Hall–Kier alpha value is -2.27. The van der Waals surface area contributed by atoms with Gasteiger partial charge in [0, 0.05) is 22.3 Å². The van der Waals surface area contributed by atoms with Crippen LogP contribution in [0, 0.1) is 0 Å². The average molecular weight is 358 g/mol. The van der Waals surface area contributed by atoms with Crippen LogP contribution in [0.25, 0.3) is 33.0 Å². The number of para-hydroxylation sites is 1. The summed E-state index contributed by atoms with van der Waals surface area (Å²) in [5.74, 6) is -0.348. The van der Waals surface area contributed by atoms with Crippen molar-refractivity contribution in [3.63, 3.8) is 0 Å². The van der Waals surface area contributed by atoms with Gasteiger partial charge >= 0.3 is 5.97 Å². The first kappa shape index (κ1) is 13.4. The Balaban J connectivity index is 2.23. The van der Waals surface area contributed by atoms with Crippen LogP contribution in [0.5, 0.6) is 0 Å². The smallest absolute Gasteiger partial charge is 0.340 e. The molecule has 5 heteroatoms. The third-order valence-electron chi connectivity index (χ3n) is 3.98. The number of halogens is 1. The highest BCUT2D eigenvalue weighted by Gasteiger charge is 2.21. The van der Waals surface area contributed by atoms with E-state index in [9.17, 15) is 4.79 Å². The first-order valence-electron chi connectivity index (χ1n) is 6.79. The van der Waals surface area contributed by atoms with Gasteiger partial charge in [-0.1, -0.05) is 22.0 Å². The van der Waals surface area contributed by atoms with Crippen LogP contribution in [-0.4, -0.2) is 17.6 Å². The maximum absolute atomic E-state index is 12.0. The van der Waals surface area contributed by atoms with Crippen LogP contribution >= 0.6 is 15.9 Å². The summed E-state index contributed by atoms with van der Waals surface area (Å²) < 4.78 is 13.9. The van der Waals surface area contributed by atoms with E-state index in [1.807, 2.05) is 41.9 Å². The molecule has 2 aromatic heterocycles. The van der Waals surface area contributed by atoms with Crippen molar-refractivity contribution in [1.29, 1.82) is 0 Å². The van der Waals surface area contributed by atoms with Crippen LogP contribution in [0.3, 0.4) is 0 Å². The van der Waals surface area contributed by atoms with Crippen molar-refractivity contribution in [2.45, 2.75) is 0 Å². The summed E-state index contributed by atoms with van der Waals surface area (Å²) in [7, 11) is 3.33. The fourth-order valence-corrected chi connectivity index (χ4v) is 3.41. The van der Waals surface area contributed by atoms with Gasteiger partial charge < -0.3 is 13.7 Å². The minimum absolute atomic E-state index is 0.348. The lowest BCUT2D eigenvalue weighted by Gasteiger charge is -2.04. The number of benzene rings is 2. The van der Waals surface area contributed by atoms with E-state index in [1.165, 1.54) is 7.11 Å². The van der Waals surface area contributed by atoms with Gasteiger partial charge in [0.1, 0.15) is 5.58 Å². The fourth-order valence-electron chi connectivity index (χ4n) is 3.05. The number of ether oxygens (including phenoxy) is 1. The summed E-state index contributed by atoms with van der Waals surface area (Å²) in [6.07, 6.45) is 0. The number of hydrogen-bond donors (Lipinski definition) is 0. The molecule has 0 atom stereocenters. The first-order valence-corrected chi connectivity index (χ1v) is 7.58. The van der Waals surface area contributed by atoms with Crippen LogP contribution in [0.15, 0.2) is 45.3 Å². The highest BCUT2D eigenvalue weighted by molar-refractivity contribution is 9.10. The Labute approximate surface area is 134 Å². The monoisotopic (exact) mass is 357 g/mol. The highest BCUT2D eigenvalue weighted by Crippen LogP contribution is 2.38. The lowest BCUT2D eigenvalue weighted by molar-refractivity contribution is 0.0602. The summed E-state index contributed by atoms with van der Waals surface area (Å²) in [5, 5.41) is 1.92. The summed E-state index contributed by atoms with van der Waals surface area (Å²) in [6, 6.07) is 11.5. The normalized spacial score (nSPS) is 11.6. The molecule has 0 saturated carbocycles. The summed E-state index contributed by atoms with van der Waals surface area (Å²) in [6.45, 7) is 0. The van der Waals surface area contributed by atoms with Crippen LogP contribution in [0.2, 0.25) is 0 Å². The highest BCUT2D eigenvalue weighted by atomic mass is 79.9. The summed E-state index contributed by atoms with van der Waals surface area (Å²) in [5.41, 5.74) is 3.95. The number of methoxy groups -OCH3 is 1. The van der Waals surface area contributed by atoms with Crippen molar-refractivity contribution < 1.29 is 13.9 Å². The van der Waals surface area contributed by atoms with Crippen LogP contribution in [-0.2, 0) is 11.8 Å². The van der Waals surface area contributed by atoms with Crippen molar-refractivity contribution >= 4 is 54.9 Å². The second kappa shape index (κ2) is 4.61. The summed E-state index contributed by atoms with van der Waals surface area (Å²) in [4.78, 5) is 12.0. The van der Waals surface area contributed by atoms with Crippen molar-refractivity contribution in [3.8, 4) is 0 Å². The number of nitrogens with zero attached hydrogens (tertiary/aromatic N) is 1. The Morgan fingerprint density at radius 1 is 1.18 bits per heavy atom. The molecule has 0 aliphatic carbocycles. The van der Waals surface area contributed by atoms with E-state index in [2.05, 4.69) is 15.9 Å². The number of esters is 1. The van der Waals surface area contributed by atoms with Crippen molar-refractivity contribution in [2.24, 2.45) is 7.05 Å². The average Bonchev–Trinajstić information content (AvgIpc) is 3.03. The molecule has 2 aromatic carbocycles. The lowest BCUT2D eigenvalue weighted by atomic mass is 10.1. The van der Waals surface area contributed by atoms with Gasteiger partial charge in [-0.05, 0) is 30.3 Å². The molecule has 0 aliphatic rings. The van der Waals surface area contributed by atoms with E-state index in [1.54, 1.807) is 6.07 Å². The molecule has 0 amide bonds. The third kappa shape index (κ3) is 1.66. The Bertz CT molecular complexity index is 1060. The molecule has 0 saturated heterocycles. The number of carbonyl (C=O) groups excluding carboxylic acids is 1. The Morgan fingerprint density at radius 3 is 2.77 bits per heavy atom. The van der Waals surface area contributed by atoms with Gasteiger partial charge in [0.2, 0.25) is 0 Å². The van der Waals surface area contributed by atoms with Gasteiger partial charge in [0.15, 0.2) is 5.58 Å². The van der Waals surface area contributed by atoms with E-state index < -0.39 is 0 Å². The predicted molar refractivity (Wildman–Crippen MR) is 89.2 cm³/mol. The maximum Gasteiger partial charge on any atom is 0.340 e. The van der Waals surface area contributed by atoms with Gasteiger partial charge in [0.25, 0.3) is 0 Å². The molecular formula is C17H12BrNO3. The number of aromatic nitrogens is 1. The Kier molecular flexibility index (Phi) is 2.81. The zero-order valence-corrected chi connectivity index (χ0v) is 13.6. The molecule has 4 nitrogen and oxygen atoms in total. The van der Waals surface area contributed by atoms with Crippen LogP contribution in [0.4, 0.5) is 0 Å². The Morgan fingerprint density at radius 2 is 2.00 bits per heavy atom. The SMILES string of the molecule is COC(=O)c1cccc2c3oc4ccc(Br)cc4c3n(C)c12. The number of hydrogen-bond acceptors (Lipinski definition) is 3. The number of aryl methyl sites for hydroxylation is 1. The maximum atomic E-state index is 12.0. The second-order valence-electron chi connectivity index (χ2n) is 5.17. The van der Waals surface area contributed by atoms with Gasteiger partial charge in [-0.25, -0.2) is 4.79 Å². The molecule has 22 heavy (non-hydrogen) atoms. The number of fused-ring (bicyclic) bond motifs is 5. The van der Waals surface area contributed by atoms with Gasteiger partial charge in [-0.15, -0.1) is 0 Å². The van der Waals surface area contributed by atoms with Gasteiger partial charge in [-0.3, -0.25) is 0 Å². The molecule has 0 fully saturated rings. The molecule has 2 heterocycles. The molecule has 0 bridgehead atoms. The molecule has 0 spiro atoms. The standard InChI is InChI=1S/C17H12BrNO3/c1-19-14-10(4-3-5-11(14)17(20)21-2)16-15(19)12-8-9(18)6-7-13(12)22-16/h3-8H,1-2H3. The van der Waals surface area contributed by atoms with E-state index in [-0.39, 0.29) is 5.97 Å². The number of carbonyl (C=O) groups is 1. The van der Waals surface area contributed by atoms with Crippen molar-refractivity contribution in [2.75, 3.05) is 7.11 Å². The molecular weight excluding hydrogens is 346 g/mol. The summed E-state index contributed by atoms with van der Waals surface area (Å²) >= 11 is 3.50. The second-order valence-corrected chi connectivity index (χ2v) is 6.09. The van der Waals surface area contributed by atoms with E-state index in [0.717, 1.165) is 37.4 Å².